The third kappa shape index (κ3) is 3.89. The minimum Gasteiger partial charge on any atom is -0.496 e. The second-order valence-corrected chi connectivity index (χ2v) is 4.89. The van der Waals surface area contributed by atoms with E-state index in [1.807, 2.05) is 18.2 Å². The number of hydrogen-bond donors (Lipinski definition) is 2. The Kier molecular flexibility index (Phi) is 4.84. The highest BCUT2D eigenvalue weighted by Gasteiger charge is 2.06. The van der Waals surface area contributed by atoms with Gasteiger partial charge in [0, 0.05) is 29.8 Å². The highest BCUT2D eigenvalue weighted by molar-refractivity contribution is 7.98. The van der Waals surface area contributed by atoms with Gasteiger partial charge in [0.25, 0.3) is 0 Å². The summed E-state index contributed by atoms with van der Waals surface area (Å²) in [7, 11) is 1.61. The molecule has 104 valence electrons. The first kappa shape index (κ1) is 14.2. The molecule has 0 spiro atoms. The maximum atomic E-state index is 10.5. The average Bonchev–Trinajstić information content (AvgIpc) is 2.96. The van der Waals surface area contributed by atoms with Gasteiger partial charge in [0.2, 0.25) is 0 Å². The van der Waals surface area contributed by atoms with Crippen LogP contribution in [0.4, 0.5) is 0 Å². The number of aromatic amines is 1. The quantitative estimate of drug-likeness (QED) is 0.632. The third-order valence-corrected chi connectivity index (χ3v) is 3.51. The maximum absolute atomic E-state index is 10.5. The van der Waals surface area contributed by atoms with Crippen molar-refractivity contribution >= 4 is 23.8 Å². The Morgan fingerprint density at radius 2 is 2.40 bits per heavy atom. The first-order chi connectivity index (χ1) is 9.69. The molecule has 2 rings (SSSR count). The van der Waals surface area contributed by atoms with E-state index in [4.69, 9.17) is 9.84 Å². The molecule has 0 saturated heterocycles. The molecule has 0 atom stereocenters. The minimum absolute atomic E-state index is 0.686. The molecule has 5 nitrogen and oxygen atoms in total. The van der Waals surface area contributed by atoms with E-state index in [0.717, 1.165) is 28.1 Å². The fourth-order valence-corrected chi connectivity index (χ4v) is 2.46. The van der Waals surface area contributed by atoms with Crippen LogP contribution in [0.2, 0.25) is 0 Å². The molecule has 0 amide bonds. The molecule has 6 heteroatoms. The lowest BCUT2D eigenvalue weighted by Crippen LogP contribution is -1.92. The van der Waals surface area contributed by atoms with Crippen LogP contribution in [0.5, 0.6) is 5.75 Å². The predicted octanol–water partition coefficient (Wildman–Crippen LogP) is 2.81. The highest BCUT2D eigenvalue weighted by atomic mass is 32.2. The van der Waals surface area contributed by atoms with Crippen LogP contribution in [0.15, 0.2) is 41.8 Å². The van der Waals surface area contributed by atoms with E-state index >= 15 is 0 Å². The zero-order valence-electron chi connectivity index (χ0n) is 10.9. The van der Waals surface area contributed by atoms with Crippen molar-refractivity contribution < 1.29 is 14.6 Å². The molecule has 0 aliphatic heterocycles. The van der Waals surface area contributed by atoms with E-state index < -0.39 is 5.97 Å². The van der Waals surface area contributed by atoms with Gasteiger partial charge < -0.3 is 14.8 Å². The molecule has 0 fully saturated rings. The number of thioether (sulfide) groups is 1. The monoisotopic (exact) mass is 290 g/mol. The summed E-state index contributed by atoms with van der Waals surface area (Å²) in [4.78, 5) is 17.7. The van der Waals surface area contributed by atoms with E-state index in [0.29, 0.717) is 5.75 Å². The maximum Gasteiger partial charge on any atom is 0.328 e. The van der Waals surface area contributed by atoms with E-state index in [1.165, 1.54) is 0 Å². The van der Waals surface area contributed by atoms with Crippen molar-refractivity contribution in [3.63, 3.8) is 0 Å². The predicted molar refractivity (Wildman–Crippen MR) is 77.8 cm³/mol. The zero-order chi connectivity index (χ0) is 14.4. The molecular weight excluding hydrogens is 276 g/mol. The number of imidazole rings is 1. The Balaban J connectivity index is 2.15. The van der Waals surface area contributed by atoms with Gasteiger partial charge in [-0.2, -0.15) is 0 Å². The van der Waals surface area contributed by atoms with Crippen molar-refractivity contribution in [3.8, 4) is 5.75 Å². The Labute approximate surface area is 120 Å². The number of aromatic nitrogens is 2. The van der Waals surface area contributed by atoms with Crippen LogP contribution in [0.1, 0.15) is 11.1 Å². The topological polar surface area (TPSA) is 75.2 Å². The van der Waals surface area contributed by atoms with Crippen LogP contribution in [-0.2, 0) is 10.5 Å². The standard InChI is InChI=1S/C14H14N2O3S/c1-19-12-4-2-10(3-5-13(17)18)8-11(12)9-20-14-15-6-7-16-14/h2-8H,9H2,1H3,(H,15,16)(H,17,18)/b5-3+. The summed E-state index contributed by atoms with van der Waals surface area (Å²) >= 11 is 1.56. The number of benzene rings is 1. The van der Waals surface area contributed by atoms with Crippen molar-refractivity contribution in [2.24, 2.45) is 0 Å². The molecule has 1 heterocycles. The second kappa shape index (κ2) is 6.81. The van der Waals surface area contributed by atoms with Crippen LogP contribution in [-0.4, -0.2) is 28.2 Å². The Morgan fingerprint density at radius 3 is 3.05 bits per heavy atom. The summed E-state index contributed by atoms with van der Waals surface area (Å²) in [5, 5.41) is 9.48. The minimum atomic E-state index is -0.965. The summed E-state index contributed by atoms with van der Waals surface area (Å²) in [6, 6.07) is 5.56. The highest BCUT2D eigenvalue weighted by Crippen LogP contribution is 2.27. The molecule has 0 aliphatic rings. The Hall–Kier alpha value is -2.21. The van der Waals surface area contributed by atoms with E-state index in [9.17, 15) is 4.79 Å². The van der Waals surface area contributed by atoms with Gasteiger partial charge >= 0.3 is 5.97 Å². The van der Waals surface area contributed by atoms with Crippen LogP contribution < -0.4 is 4.74 Å². The lowest BCUT2D eigenvalue weighted by atomic mass is 10.1. The van der Waals surface area contributed by atoms with Crippen molar-refractivity contribution in [1.82, 2.24) is 9.97 Å². The number of H-pyrrole nitrogens is 1. The van der Waals surface area contributed by atoms with Gasteiger partial charge in [-0.3, -0.25) is 0 Å². The van der Waals surface area contributed by atoms with Gasteiger partial charge in [-0.25, -0.2) is 9.78 Å². The molecule has 2 aromatic rings. The van der Waals surface area contributed by atoms with Crippen molar-refractivity contribution in [2.75, 3.05) is 7.11 Å². The summed E-state index contributed by atoms with van der Waals surface area (Å²) in [6.45, 7) is 0. The van der Waals surface area contributed by atoms with Crippen LogP contribution >= 0.6 is 11.8 Å². The van der Waals surface area contributed by atoms with Crippen LogP contribution in [0, 0.1) is 0 Å². The molecule has 0 radical (unpaired) electrons. The molecule has 1 aromatic heterocycles. The molecular formula is C14H14N2O3S. The lowest BCUT2D eigenvalue weighted by molar-refractivity contribution is -0.131. The van der Waals surface area contributed by atoms with Gasteiger partial charge in [-0.15, -0.1) is 0 Å². The smallest absolute Gasteiger partial charge is 0.328 e. The molecule has 20 heavy (non-hydrogen) atoms. The second-order valence-electron chi connectivity index (χ2n) is 3.93. The first-order valence-electron chi connectivity index (χ1n) is 5.89. The van der Waals surface area contributed by atoms with E-state index in [1.54, 1.807) is 37.3 Å². The molecule has 1 aromatic carbocycles. The normalized spacial score (nSPS) is 10.8. The Morgan fingerprint density at radius 1 is 1.55 bits per heavy atom. The SMILES string of the molecule is COc1ccc(/C=C/C(=O)O)cc1CSc1ncc[nH]1. The van der Waals surface area contributed by atoms with Crippen LogP contribution in [0.25, 0.3) is 6.08 Å². The van der Waals surface area contributed by atoms with Gasteiger partial charge in [0.1, 0.15) is 5.75 Å². The summed E-state index contributed by atoms with van der Waals surface area (Å²) in [6.07, 6.45) is 6.14. The summed E-state index contributed by atoms with van der Waals surface area (Å²) in [5.41, 5.74) is 1.81. The third-order valence-electron chi connectivity index (χ3n) is 2.56. The van der Waals surface area contributed by atoms with E-state index in [-0.39, 0.29) is 0 Å². The molecule has 0 saturated carbocycles. The van der Waals surface area contributed by atoms with Gasteiger partial charge in [0.15, 0.2) is 5.16 Å². The number of carboxylic acid groups (broad SMARTS) is 1. The molecule has 0 bridgehead atoms. The van der Waals surface area contributed by atoms with Crippen molar-refractivity contribution in [3.05, 3.63) is 47.8 Å². The van der Waals surface area contributed by atoms with E-state index in [2.05, 4.69) is 9.97 Å². The molecule has 0 unspecified atom stereocenters. The molecule has 2 N–H and O–H groups in total. The van der Waals surface area contributed by atoms with Gasteiger partial charge in [0.05, 0.1) is 7.11 Å². The number of nitrogens with zero attached hydrogens (tertiary/aromatic N) is 1. The van der Waals surface area contributed by atoms with Gasteiger partial charge in [-0.05, 0) is 23.8 Å². The van der Waals surface area contributed by atoms with Crippen molar-refractivity contribution in [2.45, 2.75) is 10.9 Å². The average molecular weight is 290 g/mol. The zero-order valence-corrected chi connectivity index (χ0v) is 11.7. The summed E-state index contributed by atoms with van der Waals surface area (Å²) in [5.74, 6) is 0.495. The number of nitrogens with one attached hydrogen (secondary N) is 1. The summed E-state index contributed by atoms with van der Waals surface area (Å²) < 4.78 is 5.31. The fourth-order valence-electron chi connectivity index (χ4n) is 1.66. The largest absolute Gasteiger partial charge is 0.496 e. The number of aliphatic carboxylic acids is 1. The fraction of sp³-hybridized carbons (Fsp3) is 0.143. The number of ether oxygens (including phenoxy) is 1. The number of carboxylic acids is 1. The number of methoxy groups -OCH3 is 1. The number of rotatable bonds is 6. The number of hydrogen-bond acceptors (Lipinski definition) is 4. The van der Waals surface area contributed by atoms with Gasteiger partial charge in [-0.1, -0.05) is 17.8 Å². The Bertz CT molecular complexity index is 609. The van der Waals surface area contributed by atoms with Crippen LogP contribution in [0.3, 0.4) is 0 Å². The first-order valence-corrected chi connectivity index (χ1v) is 6.87. The molecule has 0 aliphatic carbocycles. The van der Waals surface area contributed by atoms with Crippen molar-refractivity contribution in [1.29, 1.82) is 0 Å². The lowest BCUT2D eigenvalue weighted by Gasteiger charge is -2.08. The number of carbonyl (C=O) groups is 1.